The summed E-state index contributed by atoms with van der Waals surface area (Å²) in [5.41, 5.74) is 1.08. The highest BCUT2D eigenvalue weighted by molar-refractivity contribution is 5.96. The van der Waals surface area contributed by atoms with Crippen LogP contribution >= 0.6 is 0 Å². The normalized spacial score (nSPS) is 17.5. The Morgan fingerprint density at radius 2 is 1.36 bits per heavy atom. The first-order valence-electron chi connectivity index (χ1n) is 18.3. The number of nitrogens with zero attached hydrogens (tertiary/aromatic N) is 1. The lowest BCUT2D eigenvalue weighted by atomic mass is 10.0. The zero-order valence-electron chi connectivity index (χ0n) is 30.7. The molecule has 3 rings (SSSR count). The van der Waals surface area contributed by atoms with E-state index >= 15 is 0 Å². The van der Waals surface area contributed by atoms with Crippen LogP contribution in [0, 0.1) is 0 Å². The number of hydrogen-bond donors (Lipinski definition) is 9. The average molecular weight is 742 g/mol. The van der Waals surface area contributed by atoms with Crippen LogP contribution in [0.15, 0.2) is 48.5 Å². The molecule has 2 aromatic carbocycles. The fourth-order valence-electron chi connectivity index (χ4n) is 6.40. The van der Waals surface area contributed by atoms with Gasteiger partial charge in [-0.3, -0.25) is 19.2 Å². The second-order valence-corrected chi connectivity index (χ2v) is 13.7. The maximum Gasteiger partial charge on any atom is 0.326 e. The standard InChI is InChI=1S/C38H55N5O10/c1-4-5-6-7-8-10-28(39-3)33(47)36(50)42-32(23(2)44)37(51)43-20-9-11-31(43)35(49)40-29(21-24-12-16-26(45)17-13-24)34(48)41-30(38(52)53)22-25-14-18-27(46)19-15-25/h12-19,23,28-33,39,44-47H,4-11,20-22H2,1-3H3,(H,40,49)(H,41,48)(H,42,50)(H,52,53)/t23?,28-,29+,30+,31+,32+,33+/m1/s1. The molecule has 0 bridgehead atoms. The molecule has 1 unspecified atom stereocenters. The lowest BCUT2D eigenvalue weighted by molar-refractivity contribution is -0.146. The maximum atomic E-state index is 13.8. The molecule has 4 amide bonds. The van der Waals surface area contributed by atoms with Crippen LogP contribution in [0.1, 0.15) is 76.3 Å². The number of amides is 4. The number of likely N-dealkylation sites (N-methyl/N-ethyl adjacent to an activating group) is 1. The van der Waals surface area contributed by atoms with E-state index in [9.17, 15) is 49.5 Å². The number of aromatic hydroxyl groups is 2. The van der Waals surface area contributed by atoms with Gasteiger partial charge in [-0.1, -0.05) is 63.3 Å². The molecule has 1 saturated heterocycles. The van der Waals surface area contributed by atoms with Gasteiger partial charge in [0.1, 0.15) is 41.8 Å². The van der Waals surface area contributed by atoms with Crippen LogP contribution in [0.4, 0.5) is 0 Å². The molecule has 1 heterocycles. The smallest absolute Gasteiger partial charge is 0.326 e. The predicted molar refractivity (Wildman–Crippen MR) is 196 cm³/mol. The van der Waals surface area contributed by atoms with Crippen LogP contribution in [0.3, 0.4) is 0 Å². The van der Waals surface area contributed by atoms with Crippen molar-refractivity contribution in [2.75, 3.05) is 13.6 Å². The maximum absolute atomic E-state index is 13.8. The van der Waals surface area contributed by atoms with Crippen molar-refractivity contribution < 1.29 is 49.5 Å². The number of benzene rings is 2. The number of carbonyl (C=O) groups excluding carboxylic acids is 4. The highest BCUT2D eigenvalue weighted by Gasteiger charge is 2.41. The molecule has 9 N–H and O–H groups in total. The number of aliphatic hydroxyl groups is 2. The number of carboxylic acids is 1. The molecule has 0 radical (unpaired) electrons. The van der Waals surface area contributed by atoms with Gasteiger partial charge in [0, 0.05) is 25.4 Å². The van der Waals surface area contributed by atoms with E-state index in [1.54, 1.807) is 19.2 Å². The molecule has 0 aromatic heterocycles. The number of unbranched alkanes of at least 4 members (excludes halogenated alkanes) is 4. The van der Waals surface area contributed by atoms with E-state index < -0.39 is 72.0 Å². The number of aliphatic carboxylic acids is 1. The number of aliphatic hydroxyl groups excluding tert-OH is 2. The molecule has 0 aliphatic carbocycles. The Balaban J connectivity index is 1.75. The molecular formula is C38H55N5O10. The fourth-order valence-corrected chi connectivity index (χ4v) is 6.40. The van der Waals surface area contributed by atoms with E-state index in [-0.39, 0.29) is 37.3 Å². The lowest BCUT2D eigenvalue weighted by Gasteiger charge is -2.32. The topological polar surface area (TPSA) is 238 Å². The second kappa shape index (κ2) is 21.1. The molecular weight excluding hydrogens is 686 g/mol. The summed E-state index contributed by atoms with van der Waals surface area (Å²) in [4.78, 5) is 67.8. The van der Waals surface area contributed by atoms with Crippen LogP contribution in [0.2, 0.25) is 0 Å². The van der Waals surface area contributed by atoms with Crippen LogP contribution in [0.5, 0.6) is 11.5 Å². The summed E-state index contributed by atoms with van der Waals surface area (Å²) in [7, 11) is 1.63. The van der Waals surface area contributed by atoms with Crippen molar-refractivity contribution in [2.45, 2.75) is 120 Å². The van der Waals surface area contributed by atoms with Gasteiger partial charge in [0.05, 0.1) is 6.10 Å². The number of carbonyl (C=O) groups is 5. The van der Waals surface area contributed by atoms with E-state index in [0.29, 0.717) is 24.0 Å². The molecule has 15 heteroatoms. The van der Waals surface area contributed by atoms with Gasteiger partial charge in [-0.05, 0) is 68.6 Å². The quantitative estimate of drug-likeness (QED) is 0.0822. The number of nitrogens with one attached hydrogen (secondary N) is 4. The number of phenols is 2. The SMILES string of the molecule is CCCCCCC[C@@H](NC)[C@H](O)C(=O)N[C@H](C(=O)N1CCC[C@H]1C(=O)N[C@@H](Cc1ccc(O)cc1)C(=O)N[C@@H](Cc1ccc(O)cc1)C(=O)O)C(C)O. The van der Waals surface area contributed by atoms with E-state index in [1.165, 1.54) is 48.2 Å². The van der Waals surface area contributed by atoms with Crippen LogP contribution < -0.4 is 21.3 Å². The van der Waals surface area contributed by atoms with Crippen LogP contribution in [-0.2, 0) is 36.8 Å². The first-order chi connectivity index (χ1) is 25.2. The number of likely N-dealkylation sites (tertiary alicyclic amines) is 1. The minimum Gasteiger partial charge on any atom is -0.508 e. The number of hydrogen-bond acceptors (Lipinski definition) is 10. The minimum atomic E-state index is -1.50. The molecule has 1 aliphatic rings. The van der Waals surface area contributed by atoms with Crippen molar-refractivity contribution in [3.05, 3.63) is 59.7 Å². The first-order valence-corrected chi connectivity index (χ1v) is 18.3. The van der Waals surface area contributed by atoms with Gasteiger partial charge in [-0.15, -0.1) is 0 Å². The fraction of sp³-hybridized carbons (Fsp3) is 0.553. The molecule has 7 atom stereocenters. The Morgan fingerprint density at radius 3 is 1.89 bits per heavy atom. The summed E-state index contributed by atoms with van der Waals surface area (Å²) < 4.78 is 0. The third-order valence-electron chi connectivity index (χ3n) is 9.52. The van der Waals surface area contributed by atoms with E-state index in [1.807, 2.05) is 0 Å². The van der Waals surface area contributed by atoms with Crippen molar-refractivity contribution in [1.82, 2.24) is 26.2 Å². The molecule has 1 aliphatic heterocycles. The number of phenolic OH excluding ortho intramolecular Hbond substituents is 2. The van der Waals surface area contributed by atoms with Crippen molar-refractivity contribution in [1.29, 1.82) is 0 Å². The number of rotatable bonds is 21. The second-order valence-electron chi connectivity index (χ2n) is 13.7. The summed E-state index contributed by atoms with van der Waals surface area (Å²) in [6.07, 6.45) is 3.06. The third-order valence-corrected chi connectivity index (χ3v) is 9.52. The lowest BCUT2D eigenvalue weighted by Crippen LogP contribution is -2.61. The zero-order valence-corrected chi connectivity index (χ0v) is 30.7. The largest absolute Gasteiger partial charge is 0.508 e. The van der Waals surface area contributed by atoms with Gasteiger partial charge in [-0.25, -0.2) is 4.79 Å². The highest BCUT2D eigenvalue weighted by atomic mass is 16.4. The highest BCUT2D eigenvalue weighted by Crippen LogP contribution is 2.21. The van der Waals surface area contributed by atoms with E-state index in [2.05, 4.69) is 28.2 Å². The van der Waals surface area contributed by atoms with Gasteiger partial charge in [0.25, 0.3) is 5.91 Å². The van der Waals surface area contributed by atoms with Gasteiger partial charge in [0.2, 0.25) is 17.7 Å². The predicted octanol–water partition coefficient (Wildman–Crippen LogP) is 1.10. The van der Waals surface area contributed by atoms with Gasteiger partial charge >= 0.3 is 5.97 Å². The Labute approximate surface area is 310 Å². The molecule has 1 fully saturated rings. The Hall–Kier alpha value is -4.73. The molecule has 292 valence electrons. The monoisotopic (exact) mass is 741 g/mol. The van der Waals surface area contributed by atoms with Gasteiger partial charge in [0.15, 0.2) is 0 Å². The van der Waals surface area contributed by atoms with Crippen LogP contribution in [-0.4, -0.2) is 116 Å². The summed E-state index contributed by atoms with van der Waals surface area (Å²) in [6, 6.07) is 5.93. The Morgan fingerprint density at radius 1 is 0.792 bits per heavy atom. The van der Waals surface area contributed by atoms with Crippen LogP contribution in [0.25, 0.3) is 0 Å². The average Bonchev–Trinajstić information content (AvgIpc) is 3.63. The van der Waals surface area contributed by atoms with Crippen molar-refractivity contribution in [3.8, 4) is 11.5 Å². The summed E-state index contributed by atoms with van der Waals surface area (Å²) in [6.45, 7) is 3.55. The third kappa shape index (κ3) is 13.0. The van der Waals surface area contributed by atoms with E-state index in [4.69, 9.17) is 0 Å². The van der Waals surface area contributed by atoms with Crippen molar-refractivity contribution in [2.24, 2.45) is 0 Å². The van der Waals surface area contributed by atoms with Gasteiger partial charge in [-0.2, -0.15) is 0 Å². The van der Waals surface area contributed by atoms with Crippen molar-refractivity contribution in [3.63, 3.8) is 0 Å². The first kappa shape index (κ1) is 42.7. The Kier molecular flexibility index (Phi) is 17.0. The van der Waals surface area contributed by atoms with Crippen molar-refractivity contribution >= 4 is 29.6 Å². The molecule has 53 heavy (non-hydrogen) atoms. The Bertz CT molecular complexity index is 1500. The van der Waals surface area contributed by atoms with E-state index in [0.717, 1.165) is 32.1 Å². The zero-order chi connectivity index (χ0) is 39.1. The molecule has 0 saturated carbocycles. The summed E-state index contributed by atoms with van der Waals surface area (Å²) >= 11 is 0. The summed E-state index contributed by atoms with van der Waals surface area (Å²) in [5.74, 6) is -4.43. The molecule has 15 nitrogen and oxygen atoms in total. The van der Waals surface area contributed by atoms with Gasteiger partial charge < -0.3 is 51.7 Å². The minimum absolute atomic E-state index is 0.00792. The molecule has 2 aromatic rings. The molecule has 0 spiro atoms. The summed E-state index contributed by atoms with van der Waals surface area (Å²) in [5, 5.41) is 61.2. The number of carboxylic acid groups (broad SMARTS) is 1.